The van der Waals surface area contributed by atoms with Crippen molar-refractivity contribution in [1.82, 2.24) is 9.88 Å². The molecule has 1 saturated carbocycles. The molecule has 2 fully saturated rings. The van der Waals surface area contributed by atoms with E-state index in [4.69, 9.17) is 0 Å². The van der Waals surface area contributed by atoms with Crippen LogP contribution >= 0.6 is 0 Å². The summed E-state index contributed by atoms with van der Waals surface area (Å²) in [7, 11) is 0. The topological polar surface area (TPSA) is 16.1 Å². The highest BCUT2D eigenvalue weighted by Crippen LogP contribution is 2.41. The molecule has 1 saturated heterocycles. The van der Waals surface area contributed by atoms with Gasteiger partial charge in [0.25, 0.3) is 0 Å². The third-order valence-electron chi connectivity index (χ3n) is 5.17. The molecule has 3 rings (SSSR count). The molecule has 2 heteroatoms. The van der Waals surface area contributed by atoms with Gasteiger partial charge in [-0.15, -0.1) is 0 Å². The number of rotatable bonds is 2. The Kier molecular flexibility index (Phi) is 3.62. The summed E-state index contributed by atoms with van der Waals surface area (Å²) in [6.07, 6.45) is 10.7. The van der Waals surface area contributed by atoms with Gasteiger partial charge in [-0.2, -0.15) is 0 Å². The molecule has 1 aliphatic carbocycles. The van der Waals surface area contributed by atoms with Crippen molar-refractivity contribution in [3.63, 3.8) is 0 Å². The summed E-state index contributed by atoms with van der Waals surface area (Å²) in [5.74, 6) is 0.758. The fourth-order valence-corrected chi connectivity index (χ4v) is 3.94. The fraction of sp³-hybridized carbons (Fsp3) is 0.706. The van der Waals surface area contributed by atoms with Crippen LogP contribution < -0.4 is 0 Å². The Labute approximate surface area is 117 Å². The van der Waals surface area contributed by atoms with Crippen LogP contribution in [0.5, 0.6) is 0 Å². The molecule has 104 valence electrons. The van der Waals surface area contributed by atoms with Gasteiger partial charge in [0.2, 0.25) is 0 Å². The largest absolute Gasteiger partial charge is 0.300 e. The molecule has 0 amide bonds. The molecule has 0 radical (unpaired) electrons. The quantitative estimate of drug-likeness (QED) is 0.801. The maximum atomic E-state index is 4.12. The van der Waals surface area contributed by atoms with E-state index in [1.165, 1.54) is 50.8 Å². The van der Waals surface area contributed by atoms with Crippen molar-refractivity contribution < 1.29 is 0 Å². The Morgan fingerprint density at radius 2 is 1.79 bits per heavy atom. The van der Waals surface area contributed by atoms with Gasteiger partial charge in [0.15, 0.2) is 0 Å². The molecule has 0 spiro atoms. The number of nitrogens with zero attached hydrogens (tertiary/aromatic N) is 2. The average molecular weight is 258 g/mol. The van der Waals surface area contributed by atoms with Crippen molar-refractivity contribution in [2.24, 2.45) is 5.41 Å². The van der Waals surface area contributed by atoms with Gasteiger partial charge in [0.05, 0.1) is 0 Å². The third-order valence-corrected chi connectivity index (χ3v) is 5.17. The van der Waals surface area contributed by atoms with Crippen LogP contribution in [0.15, 0.2) is 24.5 Å². The Morgan fingerprint density at radius 1 is 1.11 bits per heavy atom. The lowest BCUT2D eigenvalue weighted by Gasteiger charge is -2.36. The van der Waals surface area contributed by atoms with Crippen LogP contribution in [-0.4, -0.2) is 29.0 Å². The molecular weight excluding hydrogens is 232 g/mol. The van der Waals surface area contributed by atoms with Crippen LogP contribution in [0.2, 0.25) is 0 Å². The van der Waals surface area contributed by atoms with Crippen molar-refractivity contribution in [2.45, 2.75) is 57.9 Å². The van der Waals surface area contributed by atoms with Crippen LogP contribution in [0.3, 0.4) is 0 Å². The molecule has 1 unspecified atom stereocenters. The van der Waals surface area contributed by atoms with Crippen molar-refractivity contribution in [3.8, 4) is 0 Å². The monoisotopic (exact) mass is 258 g/mol. The van der Waals surface area contributed by atoms with Gasteiger partial charge in [-0.05, 0) is 74.2 Å². The van der Waals surface area contributed by atoms with Crippen LogP contribution in [0.1, 0.15) is 57.4 Å². The highest BCUT2D eigenvalue weighted by atomic mass is 15.2. The summed E-state index contributed by atoms with van der Waals surface area (Å²) < 4.78 is 0. The van der Waals surface area contributed by atoms with Gasteiger partial charge in [-0.25, -0.2) is 0 Å². The first-order valence-electron chi connectivity index (χ1n) is 7.78. The lowest BCUT2D eigenvalue weighted by Crippen LogP contribution is -2.40. The number of hydrogen-bond acceptors (Lipinski definition) is 2. The maximum absolute atomic E-state index is 4.12. The molecule has 2 aliphatic rings. The van der Waals surface area contributed by atoms with E-state index in [2.05, 4.69) is 35.9 Å². The molecule has 1 aromatic heterocycles. The average Bonchev–Trinajstić information content (AvgIpc) is 2.80. The van der Waals surface area contributed by atoms with E-state index in [9.17, 15) is 0 Å². The van der Waals surface area contributed by atoms with Gasteiger partial charge in [0, 0.05) is 18.4 Å². The van der Waals surface area contributed by atoms with E-state index in [0.29, 0.717) is 5.41 Å². The first-order valence-corrected chi connectivity index (χ1v) is 7.78. The minimum atomic E-state index is 0.576. The van der Waals surface area contributed by atoms with Crippen LogP contribution in [-0.2, 0) is 0 Å². The Hall–Kier alpha value is -0.890. The molecule has 1 atom stereocenters. The lowest BCUT2D eigenvalue weighted by molar-refractivity contribution is 0.145. The van der Waals surface area contributed by atoms with Gasteiger partial charge in [-0.1, -0.05) is 13.8 Å². The second-order valence-electron chi connectivity index (χ2n) is 7.15. The zero-order valence-electron chi connectivity index (χ0n) is 12.3. The standard InChI is InChI=1S/C17H26N2/c1-17(2)8-3-16(13-17)19-11-6-15(7-12-19)14-4-9-18-10-5-14/h4-5,9-10,15-16H,3,6-8,11-13H2,1-2H3. The summed E-state index contributed by atoms with van der Waals surface area (Å²) in [6, 6.07) is 5.24. The number of likely N-dealkylation sites (tertiary alicyclic amines) is 1. The van der Waals surface area contributed by atoms with E-state index >= 15 is 0 Å². The van der Waals surface area contributed by atoms with Crippen molar-refractivity contribution in [1.29, 1.82) is 0 Å². The second kappa shape index (κ2) is 5.24. The van der Waals surface area contributed by atoms with E-state index in [1.807, 2.05) is 12.4 Å². The van der Waals surface area contributed by atoms with Crippen molar-refractivity contribution in [3.05, 3.63) is 30.1 Å². The predicted octanol–water partition coefficient (Wildman–Crippen LogP) is 3.84. The second-order valence-corrected chi connectivity index (χ2v) is 7.15. The molecule has 0 N–H and O–H groups in total. The number of aromatic nitrogens is 1. The number of hydrogen-bond donors (Lipinski definition) is 0. The minimum Gasteiger partial charge on any atom is -0.300 e. The molecule has 0 bridgehead atoms. The smallest absolute Gasteiger partial charge is 0.0270 e. The Bertz CT molecular complexity index is 405. The Morgan fingerprint density at radius 3 is 2.37 bits per heavy atom. The van der Waals surface area contributed by atoms with Crippen LogP contribution in [0, 0.1) is 5.41 Å². The minimum absolute atomic E-state index is 0.576. The highest BCUT2D eigenvalue weighted by Gasteiger charge is 2.35. The van der Waals surface area contributed by atoms with E-state index in [-0.39, 0.29) is 0 Å². The summed E-state index contributed by atoms with van der Waals surface area (Å²) >= 11 is 0. The SMILES string of the molecule is CC1(C)CCC(N2CCC(c3ccncc3)CC2)C1. The molecule has 2 heterocycles. The predicted molar refractivity (Wildman–Crippen MR) is 79.2 cm³/mol. The van der Waals surface area contributed by atoms with E-state index < -0.39 is 0 Å². The van der Waals surface area contributed by atoms with E-state index in [0.717, 1.165) is 12.0 Å². The lowest BCUT2D eigenvalue weighted by atomic mass is 9.88. The molecular formula is C17H26N2. The molecule has 1 aromatic rings. The number of pyridine rings is 1. The Balaban J connectivity index is 1.56. The van der Waals surface area contributed by atoms with Gasteiger partial charge in [0.1, 0.15) is 0 Å². The van der Waals surface area contributed by atoms with Gasteiger partial charge in [-0.3, -0.25) is 4.98 Å². The first kappa shape index (κ1) is 13.1. The van der Waals surface area contributed by atoms with Crippen molar-refractivity contribution >= 4 is 0 Å². The van der Waals surface area contributed by atoms with E-state index in [1.54, 1.807) is 0 Å². The third kappa shape index (κ3) is 3.00. The molecule has 2 nitrogen and oxygen atoms in total. The van der Waals surface area contributed by atoms with Crippen LogP contribution in [0.25, 0.3) is 0 Å². The first-order chi connectivity index (χ1) is 9.14. The summed E-state index contributed by atoms with van der Waals surface area (Å²) in [5, 5.41) is 0. The van der Waals surface area contributed by atoms with Crippen LogP contribution in [0.4, 0.5) is 0 Å². The number of piperidine rings is 1. The molecule has 1 aliphatic heterocycles. The fourth-order valence-electron chi connectivity index (χ4n) is 3.94. The zero-order valence-corrected chi connectivity index (χ0v) is 12.3. The van der Waals surface area contributed by atoms with Gasteiger partial charge >= 0.3 is 0 Å². The molecule has 0 aromatic carbocycles. The summed E-state index contributed by atoms with van der Waals surface area (Å²) in [4.78, 5) is 6.88. The van der Waals surface area contributed by atoms with Crippen molar-refractivity contribution in [2.75, 3.05) is 13.1 Å². The zero-order chi connectivity index (χ0) is 13.3. The van der Waals surface area contributed by atoms with Gasteiger partial charge < -0.3 is 4.90 Å². The molecule has 19 heavy (non-hydrogen) atoms. The highest BCUT2D eigenvalue weighted by molar-refractivity contribution is 5.16. The summed E-state index contributed by atoms with van der Waals surface area (Å²) in [6.45, 7) is 7.43. The summed E-state index contributed by atoms with van der Waals surface area (Å²) in [5.41, 5.74) is 2.06. The normalized spacial score (nSPS) is 28.6. The maximum Gasteiger partial charge on any atom is 0.0270 e.